The number of hydrogen-bond acceptors (Lipinski definition) is 2. The number of benzene rings is 2. The second kappa shape index (κ2) is 7.11. The minimum absolute atomic E-state index is 0.0201. The predicted molar refractivity (Wildman–Crippen MR) is 81.6 cm³/mol. The first-order chi connectivity index (χ1) is 9.70. The summed E-state index contributed by atoms with van der Waals surface area (Å²) in [6, 6.07) is 15.5. The lowest BCUT2D eigenvalue weighted by atomic mass is 10.0. The molecule has 0 aliphatic heterocycles. The fourth-order valence-corrected chi connectivity index (χ4v) is 2.12. The molecule has 0 atom stereocenters. The SMILES string of the molecule is Cc1ccc(OCc2ccccc2)c(C(=O)CCCl)c1. The molecule has 20 heavy (non-hydrogen) atoms. The van der Waals surface area contributed by atoms with Gasteiger partial charge >= 0.3 is 0 Å². The van der Waals surface area contributed by atoms with Crippen molar-refractivity contribution in [3.63, 3.8) is 0 Å². The standard InChI is InChI=1S/C17H17ClO2/c1-13-7-8-17(15(11-13)16(19)9-10-18)20-12-14-5-3-2-4-6-14/h2-8,11H,9-10,12H2,1H3. The van der Waals surface area contributed by atoms with Gasteiger partial charge in [0.1, 0.15) is 12.4 Å². The zero-order chi connectivity index (χ0) is 14.4. The van der Waals surface area contributed by atoms with Crippen LogP contribution in [0.15, 0.2) is 48.5 Å². The van der Waals surface area contributed by atoms with Crippen molar-refractivity contribution >= 4 is 17.4 Å². The van der Waals surface area contributed by atoms with E-state index >= 15 is 0 Å². The van der Waals surface area contributed by atoms with E-state index in [9.17, 15) is 4.79 Å². The molecule has 0 spiro atoms. The highest BCUT2D eigenvalue weighted by Gasteiger charge is 2.12. The molecule has 0 aliphatic carbocycles. The summed E-state index contributed by atoms with van der Waals surface area (Å²) >= 11 is 5.65. The van der Waals surface area contributed by atoms with Gasteiger partial charge in [-0.15, -0.1) is 11.6 Å². The molecule has 3 heteroatoms. The van der Waals surface area contributed by atoms with Crippen LogP contribution in [0.4, 0.5) is 0 Å². The molecule has 0 unspecified atom stereocenters. The Kier molecular flexibility index (Phi) is 5.19. The van der Waals surface area contributed by atoms with Crippen LogP contribution in [0, 0.1) is 6.92 Å². The van der Waals surface area contributed by atoms with Gasteiger partial charge in [0.05, 0.1) is 5.56 Å². The molecule has 2 aromatic carbocycles. The van der Waals surface area contributed by atoms with Crippen molar-refractivity contribution in [1.82, 2.24) is 0 Å². The first kappa shape index (κ1) is 14.6. The number of ketones is 1. The zero-order valence-electron chi connectivity index (χ0n) is 11.4. The molecule has 104 valence electrons. The molecular formula is C17H17ClO2. The number of carbonyl (C=O) groups is 1. The van der Waals surface area contributed by atoms with Crippen LogP contribution in [0.25, 0.3) is 0 Å². The lowest BCUT2D eigenvalue weighted by Gasteiger charge is -2.11. The zero-order valence-corrected chi connectivity index (χ0v) is 12.2. The predicted octanol–water partition coefficient (Wildman–Crippen LogP) is 4.39. The Labute approximate surface area is 124 Å². The summed E-state index contributed by atoms with van der Waals surface area (Å²) in [7, 11) is 0. The van der Waals surface area contributed by atoms with E-state index in [2.05, 4.69) is 0 Å². The Morgan fingerprint density at radius 2 is 1.90 bits per heavy atom. The molecule has 2 rings (SSSR count). The molecule has 0 saturated carbocycles. The summed E-state index contributed by atoms with van der Waals surface area (Å²) < 4.78 is 5.78. The summed E-state index contributed by atoms with van der Waals surface area (Å²) in [6.45, 7) is 2.41. The third kappa shape index (κ3) is 3.84. The smallest absolute Gasteiger partial charge is 0.167 e. The number of Topliss-reactive ketones (excluding diaryl/α,β-unsaturated/α-hetero) is 1. The molecule has 0 saturated heterocycles. The van der Waals surface area contributed by atoms with E-state index < -0.39 is 0 Å². The first-order valence-electron chi connectivity index (χ1n) is 6.57. The van der Waals surface area contributed by atoms with Gasteiger partial charge in [-0.25, -0.2) is 0 Å². The van der Waals surface area contributed by atoms with E-state index in [-0.39, 0.29) is 5.78 Å². The number of ether oxygens (including phenoxy) is 1. The molecule has 0 amide bonds. The highest BCUT2D eigenvalue weighted by Crippen LogP contribution is 2.23. The lowest BCUT2D eigenvalue weighted by molar-refractivity contribution is 0.0984. The van der Waals surface area contributed by atoms with Crippen LogP contribution in [0.1, 0.15) is 27.9 Å². The molecule has 0 N–H and O–H groups in total. The van der Waals surface area contributed by atoms with Gasteiger partial charge in [-0.05, 0) is 24.6 Å². The Bertz CT molecular complexity index is 579. The molecule has 0 aliphatic rings. The highest BCUT2D eigenvalue weighted by molar-refractivity contribution is 6.19. The van der Waals surface area contributed by atoms with Crippen LogP contribution in [-0.2, 0) is 6.61 Å². The third-order valence-electron chi connectivity index (χ3n) is 2.99. The largest absolute Gasteiger partial charge is 0.488 e. The number of aryl methyl sites for hydroxylation is 1. The Morgan fingerprint density at radius 1 is 1.15 bits per heavy atom. The fourth-order valence-electron chi connectivity index (χ4n) is 1.94. The summed E-state index contributed by atoms with van der Waals surface area (Å²) in [6.07, 6.45) is 0.326. The number of halogens is 1. The molecule has 0 bridgehead atoms. The maximum absolute atomic E-state index is 12.1. The van der Waals surface area contributed by atoms with Gasteiger partial charge in [-0.2, -0.15) is 0 Å². The lowest BCUT2D eigenvalue weighted by Crippen LogP contribution is -2.05. The average molecular weight is 289 g/mol. The topological polar surface area (TPSA) is 26.3 Å². The van der Waals surface area contributed by atoms with Crippen LogP contribution in [0.2, 0.25) is 0 Å². The van der Waals surface area contributed by atoms with Gasteiger partial charge in [-0.3, -0.25) is 4.79 Å². The van der Waals surface area contributed by atoms with E-state index in [1.54, 1.807) is 0 Å². The van der Waals surface area contributed by atoms with E-state index in [0.29, 0.717) is 30.2 Å². The molecule has 0 radical (unpaired) electrons. The Balaban J connectivity index is 2.16. The quantitative estimate of drug-likeness (QED) is 0.582. The summed E-state index contributed by atoms with van der Waals surface area (Å²) in [4.78, 5) is 12.1. The number of alkyl halides is 1. The molecule has 0 heterocycles. The van der Waals surface area contributed by atoms with Crippen molar-refractivity contribution in [1.29, 1.82) is 0 Å². The molecule has 2 nitrogen and oxygen atoms in total. The minimum Gasteiger partial charge on any atom is -0.488 e. The van der Waals surface area contributed by atoms with Crippen molar-refractivity contribution in [2.45, 2.75) is 20.0 Å². The van der Waals surface area contributed by atoms with Crippen LogP contribution < -0.4 is 4.74 Å². The van der Waals surface area contributed by atoms with Crippen molar-refractivity contribution in [2.24, 2.45) is 0 Å². The summed E-state index contributed by atoms with van der Waals surface area (Å²) in [5.74, 6) is 0.964. The number of carbonyl (C=O) groups excluding carboxylic acids is 1. The Hall–Kier alpha value is -1.80. The average Bonchev–Trinajstić information content (AvgIpc) is 2.47. The molecular weight excluding hydrogens is 272 g/mol. The highest BCUT2D eigenvalue weighted by atomic mass is 35.5. The molecule has 0 aromatic heterocycles. The number of rotatable bonds is 6. The summed E-state index contributed by atoms with van der Waals surface area (Å²) in [5.41, 5.74) is 2.72. The Morgan fingerprint density at radius 3 is 2.60 bits per heavy atom. The van der Waals surface area contributed by atoms with Gasteiger partial charge in [0.2, 0.25) is 0 Å². The van der Waals surface area contributed by atoms with E-state index in [1.807, 2.05) is 55.5 Å². The first-order valence-corrected chi connectivity index (χ1v) is 7.10. The van der Waals surface area contributed by atoms with Gasteiger partial charge in [-0.1, -0.05) is 42.0 Å². The van der Waals surface area contributed by atoms with Crippen molar-refractivity contribution in [2.75, 3.05) is 5.88 Å². The van der Waals surface area contributed by atoms with Crippen LogP contribution in [0.5, 0.6) is 5.75 Å². The molecule has 2 aromatic rings. The normalized spacial score (nSPS) is 10.3. The van der Waals surface area contributed by atoms with Crippen molar-refractivity contribution in [3.8, 4) is 5.75 Å². The van der Waals surface area contributed by atoms with Gasteiger partial charge in [0.15, 0.2) is 5.78 Å². The third-order valence-corrected chi connectivity index (χ3v) is 3.18. The maximum Gasteiger partial charge on any atom is 0.167 e. The maximum atomic E-state index is 12.1. The fraction of sp³-hybridized carbons (Fsp3) is 0.235. The van der Waals surface area contributed by atoms with Gasteiger partial charge in [0.25, 0.3) is 0 Å². The van der Waals surface area contributed by atoms with E-state index in [1.165, 1.54) is 0 Å². The summed E-state index contributed by atoms with van der Waals surface area (Å²) in [5, 5.41) is 0. The van der Waals surface area contributed by atoms with Crippen LogP contribution in [-0.4, -0.2) is 11.7 Å². The molecule has 0 fully saturated rings. The van der Waals surface area contributed by atoms with Crippen molar-refractivity contribution < 1.29 is 9.53 Å². The number of hydrogen-bond donors (Lipinski definition) is 0. The van der Waals surface area contributed by atoms with Crippen molar-refractivity contribution in [3.05, 3.63) is 65.2 Å². The minimum atomic E-state index is 0.0201. The van der Waals surface area contributed by atoms with E-state index in [4.69, 9.17) is 16.3 Å². The van der Waals surface area contributed by atoms with Gasteiger partial charge in [0, 0.05) is 12.3 Å². The van der Waals surface area contributed by atoms with Crippen LogP contribution >= 0.6 is 11.6 Å². The van der Waals surface area contributed by atoms with Gasteiger partial charge < -0.3 is 4.74 Å². The van der Waals surface area contributed by atoms with Crippen LogP contribution in [0.3, 0.4) is 0 Å². The monoisotopic (exact) mass is 288 g/mol. The second-order valence-corrected chi connectivity index (χ2v) is 5.01. The second-order valence-electron chi connectivity index (χ2n) is 4.64. The van der Waals surface area contributed by atoms with E-state index in [0.717, 1.165) is 11.1 Å².